The fourth-order valence-corrected chi connectivity index (χ4v) is 4.26. The topological polar surface area (TPSA) is 52.7 Å². The van der Waals surface area contributed by atoms with Crippen LogP contribution < -0.4 is 5.32 Å². The molecule has 26 heavy (non-hydrogen) atoms. The Labute approximate surface area is 156 Å². The first-order valence-corrected chi connectivity index (χ1v) is 9.94. The highest BCUT2D eigenvalue weighted by Crippen LogP contribution is 2.22. The van der Waals surface area contributed by atoms with Crippen LogP contribution in [-0.4, -0.2) is 52.8 Å². The molecule has 0 radical (unpaired) electrons. The molecule has 2 fully saturated rings. The molecule has 2 heterocycles. The summed E-state index contributed by atoms with van der Waals surface area (Å²) < 4.78 is 0. The van der Waals surface area contributed by atoms with Gasteiger partial charge < -0.3 is 10.2 Å². The van der Waals surface area contributed by atoms with Gasteiger partial charge in [0.15, 0.2) is 0 Å². The number of nitrogens with zero attached hydrogens (tertiary/aromatic N) is 2. The van der Waals surface area contributed by atoms with Gasteiger partial charge in [0, 0.05) is 37.8 Å². The lowest BCUT2D eigenvalue weighted by molar-refractivity contribution is -0.150. The van der Waals surface area contributed by atoms with Crippen molar-refractivity contribution < 1.29 is 9.59 Å². The van der Waals surface area contributed by atoms with Crippen molar-refractivity contribution >= 4 is 11.8 Å². The number of carbonyl (C=O) groups is 2. The average molecular weight is 357 g/mol. The second-order valence-electron chi connectivity index (χ2n) is 7.85. The second kappa shape index (κ2) is 8.67. The quantitative estimate of drug-likeness (QED) is 0.846. The predicted molar refractivity (Wildman–Crippen MR) is 103 cm³/mol. The Balaban J connectivity index is 1.46. The molecule has 5 heteroatoms. The molecule has 2 saturated heterocycles. The molecule has 2 unspecified atom stereocenters. The van der Waals surface area contributed by atoms with Gasteiger partial charge in [0.2, 0.25) is 0 Å². The van der Waals surface area contributed by atoms with Gasteiger partial charge in [-0.15, -0.1) is 0 Å². The zero-order valence-electron chi connectivity index (χ0n) is 16.0. The standard InChI is InChI=1S/C21H31N3O2/c1-16-7-6-8-17(2)24(16)21(26)20(25)22-19-11-13-23(14-12-19)15-18-9-4-3-5-10-18/h3-5,9-10,16-17,19H,6-8,11-15H2,1-2H3,(H,22,25). The molecule has 3 rings (SSSR count). The summed E-state index contributed by atoms with van der Waals surface area (Å²) in [5.74, 6) is -0.775. The monoisotopic (exact) mass is 357 g/mol. The minimum absolute atomic E-state index is 0.105. The fraction of sp³-hybridized carbons (Fsp3) is 0.619. The molecule has 1 N–H and O–H groups in total. The van der Waals surface area contributed by atoms with Crippen LogP contribution in [0.3, 0.4) is 0 Å². The van der Waals surface area contributed by atoms with E-state index in [4.69, 9.17) is 0 Å². The molecule has 2 aliphatic rings. The lowest BCUT2D eigenvalue weighted by Gasteiger charge is -2.39. The van der Waals surface area contributed by atoms with E-state index in [1.165, 1.54) is 5.56 Å². The molecular formula is C21H31N3O2. The van der Waals surface area contributed by atoms with Gasteiger partial charge in [0.05, 0.1) is 0 Å². The minimum Gasteiger partial charge on any atom is -0.345 e. The van der Waals surface area contributed by atoms with E-state index in [0.717, 1.165) is 51.7 Å². The van der Waals surface area contributed by atoms with Gasteiger partial charge in [0.25, 0.3) is 0 Å². The van der Waals surface area contributed by atoms with Gasteiger partial charge in [-0.3, -0.25) is 14.5 Å². The van der Waals surface area contributed by atoms with Crippen LogP contribution >= 0.6 is 0 Å². The number of rotatable bonds is 3. The van der Waals surface area contributed by atoms with E-state index in [0.29, 0.717) is 0 Å². The Morgan fingerprint density at radius 3 is 2.23 bits per heavy atom. The highest BCUT2D eigenvalue weighted by Gasteiger charge is 2.33. The largest absolute Gasteiger partial charge is 0.345 e. The summed E-state index contributed by atoms with van der Waals surface area (Å²) in [4.78, 5) is 29.3. The number of hydrogen-bond acceptors (Lipinski definition) is 3. The first-order valence-electron chi connectivity index (χ1n) is 9.94. The summed E-state index contributed by atoms with van der Waals surface area (Å²) in [6.45, 7) is 6.93. The van der Waals surface area contributed by atoms with Gasteiger partial charge in [-0.05, 0) is 51.5 Å². The van der Waals surface area contributed by atoms with E-state index in [-0.39, 0.29) is 24.0 Å². The molecule has 2 atom stereocenters. The Hall–Kier alpha value is -1.88. The van der Waals surface area contributed by atoms with Crippen molar-refractivity contribution in [2.75, 3.05) is 13.1 Å². The van der Waals surface area contributed by atoms with E-state index >= 15 is 0 Å². The van der Waals surface area contributed by atoms with Gasteiger partial charge >= 0.3 is 11.8 Å². The maximum Gasteiger partial charge on any atom is 0.312 e. The smallest absolute Gasteiger partial charge is 0.312 e. The molecule has 142 valence electrons. The van der Waals surface area contributed by atoms with Crippen LogP contribution in [0.5, 0.6) is 0 Å². The van der Waals surface area contributed by atoms with Crippen LogP contribution in [0.4, 0.5) is 0 Å². The van der Waals surface area contributed by atoms with Gasteiger partial charge in [-0.1, -0.05) is 30.3 Å². The van der Waals surface area contributed by atoms with Gasteiger partial charge in [-0.2, -0.15) is 0 Å². The van der Waals surface area contributed by atoms with Crippen LogP contribution in [0.25, 0.3) is 0 Å². The summed E-state index contributed by atoms with van der Waals surface area (Å²) in [5, 5.41) is 2.98. The molecule has 0 aliphatic carbocycles. The number of amides is 2. The Morgan fingerprint density at radius 1 is 1.00 bits per heavy atom. The van der Waals surface area contributed by atoms with Crippen molar-refractivity contribution in [3.8, 4) is 0 Å². The summed E-state index contributed by atoms with van der Waals surface area (Å²) in [6.07, 6.45) is 4.91. The summed E-state index contributed by atoms with van der Waals surface area (Å²) in [7, 11) is 0. The van der Waals surface area contributed by atoms with Crippen LogP contribution in [0.15, 0.2) is 30.3 Å². The molecule has 2 amide bonds. The molecular weight excluding hydrogens is 326 g/mol. The lowest BCUT2D eigenvalue weighted by Crippen LogP contribution is -2.55. The third-order valence-corrected chi connectivity index (χ3v) is 5.79. The molecule has 5 nitrogen and oxygen atoms in total. The normalized spacial score (nSPS) is 25.1. The van der Waals surface area contributed by atoms with Crippen LogP contribution in [-0.2, 0) is 16.1 Å². The number of carbonyl (C=O) groups excluding carboxylic acids is 2. The van der Waals surface area contributed by atoms with Crippen LogP contribution in [0, 0.1) is 0 Å². The lowest BCUT2D eigenvalue weighted by atomic mass is 9.97. The number of hydrogen-bond donors (Lipinski definition) is 1. The number of piperidine rings is 2. The average Bonchev–Trinajstić information content (AvgIpc) is 2.64. The predicted octanol–water partition coefficient (Wildman–Crippen LogP) is 2.56. The number of nitrogens with one attached hydrogen (secondary N) is 1. The molecule has 0 saturated carbocycles. The van der Waals surface area contributed by atoms with Crippen molar-refractivity contribution in [2.24, 2.45) is 0 Å². The zero-order chi connectivity index (χ0) is 18.5. The van der Waals surface area contributed by atoms with Gasteiger partial charge in [0.1, 0.15) is 0 Å². The van der Waals surface area contributed by atoms with Crippen molar-refractivity contribution in [3.63, 3.8) is 0 Å². The van der Waals surface area contributed by atoms with E-state index < -0.39 is 5.91 Å². The number of likely N-dealkylation sites (tertiary alicyclic amines) is 2. The molecule has 0 spiro atoms. The maximum atomic E-state index is 12.6. The first-order chi connectivity index (χ1) is 12.5. The van der Waals surface area contributed by atoms with Crippen molar-refractivity contribution in [3.05, 3.63) is 35.9 Å². The SMILES string of the molecule is CC1CCCC(C)N1C(=O)C(=O)NC1CCN(Cc2ccccc2)CC1. The van der Waals surface area contributed by atoms with E-state index in [9.17, 15) is 9.59 Å². The van der Waals surface area contributed by atoms with Gasteiger partial charge in [-0.25, -0.2) is 0 Å². The van der Waals surface area contributed by atoms with Crippen molar-refractivity contribution in [1.29, 1.82) is 0 Å². The molecule has 0 bridgehead atoms. The Morgan fingerprint density at radius 2 is 1.62 bits per heavy atom. The Bertz CT molecular complexity index is 601. The maximum absolute atomic E-state index is 12.6. The molecule has 2 aliphatic heterocycles. The third-order valence-electron chi connectivity index (χ3n) is 5.79. The molecule has 0 aromatic heterocycles. The summed E-state index contributed by atoms with van der Waals surface area (Å²) in [6, 6.07) is 10.9. The van der Waals surface area contributed by atoms with Crippen molar-refractivity contribution in [2.45, 2.75) is 70.6 Å². The first kappa shape index (κ1) is 18.9. The van der Waals surface area contributed by atoms with E-state index in [1.54, 1.807) is 4.90 Å². The summed E-state index contributed by atoms with van der Waals surface area (Å²) in [5.41, 5.74) is 1.32. The zero-order valence-corrected chi connectivity index (χ0v) is 16.0. The molecule has 1 aromatic rings. The van der Waals surface area contributed by atoms with E-state index in [1.807, 2.05) is 19.9 Å². The van der Waals surface area contributed by atoms with Crippen molar-refractivity contribution in [1.82, 2.24) is 15.1 Å². The highest BCUT2D eigenvalue weighted by molar-refractivity contribution is 6.35. The fourth-order valence-electron chi connectivity index (χ4n) is 4.26. The minimum atomic E-state index is -0.424. The number of benzene rings is 1. The van der Waals surface area contributed by atoms with Crippen LogP contribution in [0.2, 0.25) is 0 Å². The van der Waals surface area contributed by atoms with E-state index in [2.05, 4.69) is 34.5 Å². The third kappa shape index (κ3) is 4.64. The highest BCUT2D eigenvalue weighted by atomic mass is 16.2. The molecule has 1 aromatic carbocycles. The second-order valence-corrected chi connectivity index (χ2v) is 7.85. The Kier molecular flexibility index (Phi) is 6.30. The van der Waals surface area contributed by atoms with Crippen LogP contribution in [0.1, 0.15) is 51.5 Å². The summed E-state index contributed by atoms with van der Waals surface area (Å²) >= 11 is 0.